The molecule has 3 aromatic rings. The Balaban J connectivity index is 1.64. The third kappa shape index (κ3) is 4.18. The molecule has 0 bridgehead atoms. The molecule has 1 aromatic heterocycles. The van der Waals surface area contributed by atoms with Gasteiger partial charge in [-0.3, -0.25) is 4.79 Å². The number of carbonyl (C=O) groups is 1. The smallest absolute Gasteiger partial charge is 0.234 e. The predicted molar refractivity (Wildman–Crippen MR) is 89.9 cm³/mol. The maximum Gasteiger partial charge on any atom is 0.234 e. The zero-order valence-electron chi connectivity index (χ0n) is 13.1. The van der Waals surface area contributed by atoms with Gasteiger partial charge < -0.3 is 5.32 Å². The topological polar surface area (TPSA) is 72.7 Å². The van der Waals surface area contributed by atoms with Gasteiger partial charge in [-0.05, 0) is 34.7 Å². The number of hydrogen-bond acceptors (Lipinski definition) is 5. The quantitative estimate of drug-likeness (QED) is 0.708. The Morgan fingerprint density at radius 3 is 2.80 bits per heavy atom. The van der Waals surface area contributed by atoms with Crippen LogP contribution in [0.3, 0.4) is 0 Å². The van der Waals surface area contributed by atoms with Gasteiger partial charge >= 0.3 is 0 Å². The number of aryl methyl sites for hydroxylation is 1. The van der Waals surface area contributed by atoms with E-state index in [2.05, 4.69) is 20.8 Å². The molecule has 0 saturated carbocycles. The van der Waals surface area contributed by atoms with Crippen molar-refractivity contribution in [1.82, 2.24) is 20.2 Å². The number of benzene rings is 2. The first-order valence-corrected chi connectivity index (χ1v) is 8.22. The number of nitrogens with zero attached hydrogens (tertiary/aromatic N) is 4. The Morgan fingerprint density at radius 2 is 2.08 bits per heavy atom. The number of anilines is 1. The van der Waals surface area contributed by atoms with Crippen LogP contribution in [0.25, 0.3) is 11.4 Å². The summed E-state index contributed by atoms with van der Waals surface area (Å²) in [5.41, 5.74) is 1.33. The van der Waals surface area contributed by atoms with Crippen molar-refractivity contribution >= 4 is 23.4 Å². The van der Waals surface area contributed by atoms with Crippen LogP contribution in [0.1, 0.15) is 0 Å². The molecule has 9 heteroatoms. The lowest BCUT2D eigenvalue weighted by Crippen LogP contribution is -2.14. The van der Waals surface area contributed by atoms with Crippen LogP contribution in [-0.2, 0) is 11.8 Å². The number of carbonyl (C=O) groups excluding carboxylic acids is 1. The highest BCUT2D eigenvalue weighted by Gasteiger charge is 2.10. The van der Waals surface area contributed by atoms with Crippen LogP contribution in [0, 0.1) is 11.6 Å². The Hall–Kier alpha value is -2.81. The second kappa shape index (κ2) is 7.39. The van der Waals surface area contributed by atoms with Gasteiger partial charge in [0.05, 0.1) is 5.75 Å². The maximum atomic E-state index is 13.6. The van der Waals surface area contributed by atoms with Crippen molar-refractivity contribution in [2.45, 2.75) is 4.90 Å². The highest BCUT2D eigenvalue weighted by molar-refractivity contribution is 8.00. The second-order valence-corrected chi connectivity index (χ2v) is 6.14. The van der Waals surface area contributed by atoms with E-state index in [0.29, 0.717) is 11.5 Å². The van der Waals surface area contributed by atoms with Crippen LogP contribution in [-0.4, -0.2) is 31.9 Å². The fourth-order valence-corrected chi connectivity index (χ4v) is 2.86. The fraction of sp³-hybridized carbons (Fsp3) is 0.125. The van der Waals surface area contributed by atoms with Gasteiger partial charge in [-0.2, -0.15) is 0 Å². The van der Waals surface area contributed by atoms with Crippen molar-refractivity contribution in [3.05, 3.63) is 54.1 Å². The monoisotopic (exact) mass is 361 g/mol. The summed E-state index contributed by atoms with van der Waals surface area (Å²) in [5.74, 6) is -1.07. The molecule has 2 aromatic carbocycles. The lowest BCUT2D eigenvalue weighted by Gasteiger charge is -2.07. The molecule has 0 atom stereocenters. The van der Waals surface area contributed by atoms with Gasteiger partial charge in [-0.15, -0.1) is 16.9 Å². The van der Waals surface area contributed by atoms with E-state index in [1.54, 1.807) is 25.2 Å². The van der Waals surface area contributed by atoms with E-state index in [9.17, 15) is 13.6 Å². The number of halogens is 2. The Labute approximate surface area is 146 Å². The van der Waals surface area contributed by atoms with Crippen LogP contribution in [0.5, 0.6) is 0 Å². The van der Waals surface area contributed by atoms with Crippen LogP contribution < -0.4 is 5.32 Å². The van der Waals surface area contributed by atoms with Gasteiger partial charge in [0.2, 0.25) is 5.91 Å². The van der Waals surface area contributed by atoms with E-state index in [1.807, 2.05) is 6.07 Å². The van der Waals surface area contributed by atoms with Crippen molar-refractivity contribution in [3.63, 3.8) is 0 Å². The van der Waals surface area contributed by atoms with Crippen LogP contribution in [0.15, 0.2) is 47.4 Å². The van der Waals surface area contributed by atoms with Gasteiger partial charge in [0.1, 0.15) is 11.6 Å². The lowest BCUT2D eigenvalue weighted by molar-refractivity contribution is -0.113. The summed E-state index contributed by atoms with van der Waals surface area (Å²) in [6.45, 7) is 0. The molecule has 0 aliphatic heterocycles. The molecule has 0 unspecified atom stereocenters. The Morgan fingerprint density at radius 1 is 1.24 bits per heavy atom. The van der Waals surface area contributed by atoms with Crippen molar-refractivity contribution < 1.29 is 13.6 Å². The number of thioether (sulfide) groups is 1. The van der Waals surface area contributed by atoms with Crippen LogP contribution in [0.2, 0.25) is 0 Å². The average Bonchev–Trinajstić information content (AvgIpc) is 3.00. The maximum absolute atomic E-state index is 13.6. The zero-order chi connectivity index (χ0) is 17.8. The number of tetrazole rings is 1. The van der Waals surface area contributed by atoms with Crippen molar-refractivity contribution in [1.29, 1.82) is 0 Å². The summed E-state index contributed by atoms with van der Waals surface area (Å²) in [5, 5.41) is 14.0. The van der Waals surface area contributed by atoms with Gasteiger partial charge in [-0.25, -0.2) is 13.5 Å². The Kier molecular flexibility index (Phi) is 5.03. The fourth-order valence-electron chi connectivity index (χ4n) is 2.14. The molecule has 1 amide bonds. The highest BCUT2D eigenvalue weighted by atomic mass is 32.2. The van der Waals surface area contributed by atoms with Gasteiger partial charge in [-0.1, -0.05) is 12.1 Å². The molecule has 6 nitrogen and oxygen atoms in total. The first-order valence-electron chi connectivity index (χ1n) is 7.23. The number of aromatic nitrogens is 4. The molecule has 0 aliphatic carbocycles. The molecule has 0 spiro atoms. The number of nitrogens with one attached hydrogen (secondary N) is 1. The van der Waals surface area contributed by atoms with E-state index in [1.165, 1.54) is 10.7 Å². The number of hydrogen-bond donors (Lipinski definition) is 1. The second-order valence-electron chi connectivity index (χ2n) is 5.12. The average molecular weight is 361 g/mol. The third-order valence-corrected chi connectivity index (χ3v) is 4.33. The largest absolute Gasteiger partial charge is 0.325 e. The molecule has 1 heterocycles. The molecule has 3 rings (SSSR count). The minimum atomic E-state index is -0.686. The van der Waals surface area contributed by atoms with Crippen molar-refractivity contribution in [3.8, 4) is 11.4 Å². The van der Waals surface area contributed by atoms with E-state index < -0.39 is 11.6 Å². The first kappa shape index (κ1) is 17.0. The molecule has 0 aliphatic rings. The molecule has 25 heavy (non-hydrogen) atoms. The lowest BCUT2D eigenvalue weighted by atomic mass is 10.2. The first-order chi connectivity index (χ1) is 12.0. The minimum Gasteiger partial charge on any atom is -0.325 e. The molecular formula is C16H13F2N5OS. The zero-order valence-corrected chi connectivity index (χ0v) is 13.9. The molecule has 128 valence electrons. The molecular weight excluding hydrogens is 348 g/mol. The van der Waals surface area contributed by atoms with Gasteiger partial charge in [0.25, 0.3) is 0 Å². The standard InChI is InChI=1S/C16H13F2N5OS/c1-23-16(20-21-22-23)10-3-2-4-12(7-10)19-15(24)9-25-14-6-5-11(17)8-13(14)18/h2-8H,9H2,1H3,(H,19,24). The summed E-state index contributed by atoms with van der Waals surface area (Å²) < 4.78 is 28.0. The van der Waals surface area contributed by atoms with E-state index in [4.69, 9.17) is 0 Å². The summed E-state index contributed by atoms with van der Waals surface area (Å²) in [4.78, 5) is 12.3. The SMILES string of the molecule is Cn1nnnc1-c1cccc(NC(=O)CSc2ccc(F)cc2F)c1. The third-order valence-electron chi connectivity index (χ3n) is 3.28. The molecule has 0 fully saturated rings. The van der Waals surface area contributed by atoms with Crippen LogP contribution >= 0.6 is 11.8 Å². The summed E-state index contributed by atoms with van der Waals surface area (Å²) in [7, 11) is 1.72. The molecule has 0 radical (unpaired) electrons. The Bertz CT molecular complexity index is 915. The van der Waals surface area contributed by atoms with Crippen LogP contribution in [0.4, 0.5) is 14.5 Å². The summed E-state index contributed by atoms with van der Waals surface area (Å²) in [6.07, 6.45) is 0. The van der Waals surface area contributed by atoms with Gasteiger partial charge in [0, 0.05) is 29.3 Å². The molecule has 0 saturated heterocycles. The van der Waals surface area contributed by atoms with Crippen molar-refractivity contribution in [2.24, 2.45) is 7.05 Å². The summed E-state index contributed by atoms with van der Waals surface area (Å²) in [6, 6.07) is 10.3. The minimum absolute atomic E-state index is 0.00169. The summed E-state index contributed by atoms with van der Waals surface area (Å²) >= 11 is 0.997. The normalized spacial score (nSPS) is 10.7. The number of amides is 1. The van der Waals surface area contributed by atoms with Crippen molar-refractivity contribution in [2.75, 3.05) is 11.1 Å². The van der Waals surface area contributed by atoms with E-state index >= 15 is 0 Å². The number of rotatable bonds is 5. The van der Waals surface area contributed by atoms with E-state index in [-0.39, 0.29) is 16.6 Å². The van der Waals surface area contributed by atoms with E-state index in [0.717, 1.165) is 29.5 Å². The molecule has 1 N–H and O–H groups in total. The highest BCUT2D eigenvalue weighted by Crippen LogP contribution is 2.23. The van der Waals surface area contributed by atoms with Gasteiger partial charge in [0.15, 0.2) is 5.82 Å². The predicted octanol–water partition coefficient (Wildman–Crippen LogP) is 2.89.